The van der Waals surface area contributed by atoms with E-state index in [4.69, 9.17) is 5.73 Å². The average Bonchev–Trinajstić information content (AvgIpc) is 2.10. The van der Waals surface area contributed by atoms with Gasteiger partial charge in [0.05, 0.1) is 6.04 Å². The minimum atomic E-state index is -0.555. The molecule has 0 fully saturated rings. The maximum Gasteiger partial charge on any atom is 0.237 e. The summed E-state index contributed by atoms with van der Waals surface area (Å²) in [4.78, 5) is 21.6. The number of rotatable bonds is 6. The van der Waals surface area contributed by atoms with Gasteiger partial charge in [-0.05, 0) is 13.3 Å². The summed E-state index contributed by atoms with van der Waals surface area (Å²) in [6.45, 7) is 2.03. The second-order valence-electron chi connectivity index (χ2n) is 2.89. The lowest BCUT2D eigenvalue weighted by atomic mass is 10.2. The molecule has 1 amide bonds. The predicted octanol–water partition coefficient (Wildman–Crippen LogP) is -0.271. The number of ketones is 1. The molecule has 0 aliphatic carbocycles. The van der Waals surface area contributed by atoms with Gasteiger partial charge in [0.25, 0.3) is 0 Å². The minimum absolute atomic E-state index is 0.132. The number of amides is 1. The summed E-state index contributed by atoms with van der Waals surface area (Å²) in [5.41, 5.74) is 5.40. The Morgan fingerprint density at radius 1 is 1.54 bits per heavy atom. The Balaban J connectivity index is 3.42. The zero-order chi connectivity index (χ0) is 10.3. The van der Waals surface area contributed by atoms with Crippen LogP contribution in [-0.4, -0.2) is 30.0 Å². The molecule has 0 aliphatic rings. The number of thiol groups is 1. The van der Waals surface area contributed by atoms with Crippen molar-refractivity contribution in [1.29, 1.82) is 0 Å². The van der Waals surface area contributed by atoms with E-state index in [2.05, 4.69) is 17.9 Å². The van der Waals surface area contributed by atoms with Crippen LogP contribution in [0.1, 0.15) is 19.8 Å². The number of Topliss-reactive ketones (excluding diaryl/α,β-unsaturated/α-hetero) is 1. The lowest BCUT2D eigenvalue weighted by molar-refractivity contribution is -0.122. The topological polar surface area (TPSA) is 72.2 Å². The van der Waals surface area contributed by atoms with Gasteiger partial charge in [-0.1, -0.05) is 0 Å². The molecule has 0 bridgehead atoms. The van der Waals surface area contributed by atoms with E-state index in [1.165, 1.54) is 6.92 Å². The summed E-state index contributed by atoms with van der Waals surface area (Å²) < 4.78 is 0. The molecule has 0 saturated heterocycles. The maximum absolute atomic E-state index is 11.0. The van der Waals surface area contributed by atoms with Crippen molar-refractivity contribution in [2.75, 3.05) is 12.3 Å². The van der Waals surface area contributed by atoms with Crippen molar-refractivity contribution in [2.24, 2.45) is 5.73 Å². The maximum atomic E-state index is 11.0. The fourth-order valence-corrected chi connectivity index (χ4v) is 0.929. The first kappa shape index (κ1) is 12.4. The van der Waals surface area contributed by atoms with Crippen molar-refractivity contribution in [3.05, 3.63) is 0 Å². The molecular formula is C8H16N2O2S. The number of carbonyl (C=O) groups is 2. The molecule has 0 saturated carbocycles. The molecule has 0 spiro atoms. The second-order valence-corrected chi connectivity index (χ2v) is 3.25. The van der Waals surface area contributed by atoms with E-state index in [0.29, 0.717) is 25.1 Å². The van der Waals surface area contributed by atoms with Gasteiger partial charge in [-0.2, -0.15) is 12.6 Å². The zero-order valence-electron chi connectivity index (χ0n) is 7.75. The second kappa shape index (κ2) is 6.91. The van der Waals surface area contributed by atoms with E-state index < -0.39 is 6.04 Å². The minimum Gasteiger partial charge on any atom is -0.355 e. The van der Waals surface area contributed by atoms with Crippen LogP contribution in [0.5, 0.6) is 0 Å². The van der Waals surface area contributed by atoms with Gasteiger partial charge in [0.2, 0.25) is 5.91 Å². The molecule has 0 radical (unpaired) electrons. The first-order chi connectivity index (χ1) is 6.07. The average molecular weight is 204 g/mol. The Labute approximate surface area is 83.7 Å². The van der Waals surface area contributed by atoms with Crippen LogP contribution in [0.4, 0.5) is 0 Å². The summed E-state index contributed by atoms with van der Waals surface area (Å²) in [5.74, 6) is 0.254. The van der Waals surface area contributed by atoms with Gasteiger partial charge in [0.15, 0.2) is 0 Å². The normalized spacial score (nSPS) is 12.2. The van der Waals surface area contributed by atoms with Crippen LogP contribution in [0.15, 0.2) is 0 Å². The van der Waals surface area contributed by atoms with Gasteiger partial charge >= 0.3 is 0 Å². The van der Waals surface area contributed by atoms with E-state index in [9.17, 15) is 9.59 Å². The fraction of sp³-hybridized carbons (Fsp3) is 0.750. The van der Waals surface area contributed by atoms with Crippen molar-refractivity contribution < 1.29 is 9.59 Å². The Kier molecular flexibility index (Phi) is 6.62. The highest BCUT2D eigenvalue weighted by molar-refractivity contribution is 7.80. The Morgan fingerprint density at radius 2 is 2.15 bits per heavy atom. The first-order valence-corrected chi connectivity index (χ1v) is 4.84. The van der Waals surface area contributed by atoms with E-state index in [1.54, 1.807) is 0 Å². The van der Waals surface area contributed by atoms with E-state index >= 15 is 0 Å². The number of nitrogens with two attached hydrogens (primary N) is 1. The molecular weight excluding hydrogens is 188 g/mol. The van der Waals surface area contributed by atoms with Crippen LogP contribution < -0.4 is 11.1 Å². The van der Waals surface area contributed by atoms with E-state index in [-0.39, 0.29) is 11.7 Å². The lowest BCUT2D eigenvalue weighted by Crippen LogP contribution is -2.42. The van der Waals surface area contributed by atoms with Gasteiger partial charge in [0.1, 0.15) is 5.78 Å². The predicted molar refractivity (Wildman–Crippen MR) is 54.8 cm³/mol. The highest BCUT2D eigenvalue weighted by Crippen LogP contribution is 1.89. The van der Waals surface area contributed by atoms with Crippen molar-refractivity contribution in [1.82, 2.24) is 5.32 Å². The van der Waals surface area contributed by atoms with Gasteiger partial charge < -0.3 is 15.8 Å². The van der Waals surface area contributed by atoms with Crippen LogP contribution in [0.3, 0.4) is 0 Å². The molecule has 4 nitrogen and oxygen atoms in total. The Bertz CT molecular complexity index is 185. The summed E-state index contributed by atoms with van der Waals surface area (Å²) in [5, 5.41) is 2.62. The Hall–Kier alpha value is -0.550. The quantitative estimate of drug-likeness (QED) is 0.412. The van der Waals surface area contributed by atoms with Gasteiger partial charge in [0, 0.05) is 18.7 Å². The number of hydrogen-bond acceptors (Lipinski definition) is 4. The third-order valence-corrected chi connectivity index (χ3v) is 1.93. The molecule has 0 aromatic rings. The SMILES string of the molecule is CC(=O)CCCNC(=O)C(N)CS. The van der Waals surface area contributed by atoms with Crippen LogP contribution in [0.25, 0.3) is 0 Å². The lowest BCUT2D eigenvalue weighted by Gasteiger charge is -2.08. The summed E-state index contributed by atoms with van der Waals surface area (Å²) in [7, 11) is 0. The summed E-state index contributed by atoms with van der Waals surface area (Å²) in [6, 6.07) is -0.555. The molecule has 0 rings (SSSR count). The van der Waals surface area contributed by atoms with Gasteiger partial charge in [-0.25, -0.2) is 0 Å². The molecule has 76 valence electrons. The molecule has 13 heavy (non-hydrogen) atoms. The molecule has 5 heteroatoms. The van der Waals surface area contributed by atoms with E-state index in [0.717, 1.165) is 0 Å². The Morgan fingerprint density at radius 3 is 2.62 bits per heavy atom. The molecule has 3 N–H and O–H groups in total. The highest BCUT2D eigenvalue weighted by atomic mass is 32.1. The third kappa shape index (κ3) is 6.60. The molecule has 0 aromatic carbocycles. The van der Waals surface area contributed by atoms with Crippen LogP contribution in [0, 0.1) is 0 Å². The monoisotopic (exact) mass is 204 g/mol. The van der Waals surface area contributed by atoms with Crippen molar-refractivity contribution in [3.63, 3.8) is 0 Å². The molecule has 1 atom stereocenters. The van der Waals surface area contributed by atoms with Crippen LogP contribution in [-0.2, 0) is 9.59 Å². The van der Waals surface area contributed by atoms with Crippen molar-refractivity contribution in [2.45, 2.75) is 25.8 Å². The van der Waals surface area contributed by atoms with Crippen molar-refractivity contribution >= 4 is 24.3 Å². The largest absolute Gasteiger partial charge is 0.355 e. The zero-order valence-corrected chi connectivity index (χ0v) is 8.64. The molecule has 0 aromatic heterocycles. The molecule has 0 heterocycles. The van der Waals surface area contributed by atoms with Crippen molar-refractivity contribution in [3.8, 4) is 0 Å². The fourth-order valence-electron chi connectivity index (χ4n) is 0.763. The van der Waals surface area contributed by atoms with Crippen LogP contribution >= 0.6 is 12.6 Å². The molecule has 0 aliphatic heterocycles. The van der Waals surface area contributed by atoms with E-state index in [1.807, 2.05) is 0 Å². The standard InChI is InChI=1S/C8H16N2O2S/c1-6(11)3-2-4-10-8(12)7(9)5-13/h7,13H,2-5,9H2,1H3,(H,10,12). The number of carbonyl (C=O) groups excluding carboxylic acids is 2. The third-order valence-electron chi connectivity index (χ3n) is 1.54. The summed E-state index contributed by atoms with van der Waals surface area (Å²) >= 11 is 3.89. The van der Waals surface area contributed by atoms with Gasteiger partial charge in [-0.3, -0.25) is 4.79 Å². The number of nitrogens with one attached hydrogen (secondary N) is 1. The van der Waals surface area contributed by atoms with Crippen LogP contribution in [0.2, 0.25) is 0 Å². The van der Waals surface area contributed by atoms with Gasteiger partial charge in [-0.15, -0.1) is 0 Å². The first-order valence-electron chi connectivity index (χ1n) is 4.21. The smallest absolute Gasteiger partial charge is 0.237 e. The number of hydrogen-bond donors (Lipinski definition) is 3. The highest BCUT2D eigenvalue weighted by Gasteiger charge is 2.09. The summed E-state index contributed by atoms with van der Waals surface area (Å²) in [6.07, 6.45) is 1.16. The molecule has 1 unspecified atom stereocenters.